The molecule has 88 valence electrons. The predicted octanol–water partition coefficient (Wildman–Crippen LogP) is 3.49. The van der Waals surface area contributed by atoms with Gasteiger partial charge in [-0.25, -0.2) is 0 Å². The summed E-state index contributed by atoms with van der Waals surface area (Å²) in [6, 6.07) is 0. The van der Waals surface area contributed by atoms with E-state index in [0.717, 1.165) is 26.1 Å². The second-order valence-corrected chi connectivity index (χ2v) is 3.79. The van der Waals surface area contributed by atoms with E-state index >= 15 is 0 Å². The van der Waals surface area contributed by atoms with Gasteiger partial charge in [-0.15, -0.1) is 0 Å². The fraction of sp³-hybridized carbons (Fsp3) is 0.769. The average Bonchev–Trinajstić information content (AvgIpc) is 2.24. The molecule has 0 bridgehead atoms. The van der Waals surface area contributed by atoms with Crippen molar-refractivity contribution in [3.8, 4) is 0 Å². The van der Waals surface area contributed by atoms with E-state index in [1.54, 1.807) is 0 Å². The average molecular weight is 210 g/mol. The molecule has 0 N–H and O–H groups in total. The van der Waals surface area contributed by atoms with Gasteiger partial charge in [0.25, 0.3) is 0 Å². The van der Waals surface area contributed by atoms with Crippen LogP contribution in [0.4, 0.5) is 0 Å². The molecule has 0 heterocycles. The summed E-state index contributed by atoms with van der Waals surface area (Å²) in [5.41, 5.74) is 1.21. The molecule has 0 saturated heterocycles. The van der Waals surface area contributed by atoms with Gasteiger partial charge in [-0.1, -0.05) is 26.8 Å². The Labute approximate surface area is 95.1 Å². The number of hydrogen-bond acceptors (Lipinski definition) is 2. The fourth-order valence-corrected chi connectivity index (χ4v) is 1.48. The Kier molecular flexibility index (Phi) is 9.24. The summed E-state index contributed by atoms with van der Waals surface area (Å²) in [6.45, 7) is 13.8. The maximum Gasteiger partial charge on any atom is 0.0357 e. The van der Waals surface area contributed by atoms with E-state index in [4.69, 9.17) is 0 Å². The number of rotatable bonds is 9. The fourth-order valence-electron chi connectivity index (χ4n) is 1.48. The first-order valence-corrected chi connectivity index (χ1v) is 6.17. The highest BCUT2D eigenvalue weighted by molar-refractivity contribution is 5.60. The number of hydrogen-bond donors (Lipinski definition) is 0. The third-order valence-corrected chi connectivity index (χ3v) is 2.36. The van der Waals surface area contributed by atoms with E-state index in [1.165, 1.54) is 25.0 Å². The van der Waals surface area contributed by atoms with E-state index in [1.807, 2.05) is 6.21 Å². The molecule has 0 saturated carbocycles. The predicted molar refractivity (Wildman–Crippen MR) is 69.6 cm³/mol. The van der Waals surface area contributed by atoms with Crippen molar-refractivity contribution >= 4 is 6.21 Å². The van der Waals surface area contributed by atoms with Crippen molar-refractivity contribution in [3.63, 3.8) is 0 Å². The van der Waals surface area contributed by atoms with Crippen LogP contribution < -0.4 is 0 Å². The van der Waals surface area contributed by atoms with Crippen molar-refractivity contribution in [3.05, 3.63) is 12.3 Å². The SMILES string of the molecule is C=C(CC=NCC)N(CCC)CCCC. The molecule has 0 aliphatic rings. The van der Waals surface area contributed by atoms with Crippen LogP contribution in [0, 0.1) is 0 Å². The summed E-state index contributed by atoms with van der Waals surface area (Å²) in [4.78, 5) is 6.62. The molecule has 15 heavy (non-hydrogen) atoms. The summed E-state index contributed by atoms with van der Waals surface area (Å²) in [5.74, 6) is 0. The molecule has 0 aromatic rings. The van der Waals surface area contributed by atoms with Crippen LogP contribution >= 0.6 is 0 Å². The van der Waals surface area contributed by atoms with Gasteiger partial charge < -0.3 is 4.90 Å². The van der Waals surface area contributed by atoms with Gasteiger partial charge in [0.15, 0.2) is 0 Å². The van der Waals surface area contributed by atoms with Gasteiger partial charge in [0, 0.05) is 38.0 Å². The maximum absolute atomic E-state index is 4.22. The van der Waals surface area contributed by atoms with Crippen LogP contribution in [0.2, 0.25) is 0 Å². The molecule has 0 rings (SSSR count). The second-order valence-electron chi connectivity index (χ2n) is 3.79. The molecule has 2 nitrogen and oxygen atoms in total. The van der Waals surface area contributed by atoms with Gasteiger partial charge in [0.05, 0.1) is 0 Å². The van der Waals surface area contributed by atoms with Gasteiger partial charge in [-0.2, -0.15) is 0 Å². The molecule has 0 aliphatic carbocycles. The van der Waals surface area contributed by atoms with E-state index in [-0.39, 0.29) is 0 Å². The van der Waals surface area contributed by atoms with Crippen LogP contribution in [0.25, 0.3) is 0 Å². The van der Waals surface area contributed by atoms with E-state index in [9.17, 15) is 0 Å². The van der Waals surface area contributed by atoms with Crippen LogP contribution in [-0.4, -0.2) is 30.7 Å². The summed E-state index contributed by atoms with van der Waals surface area (Å²) >= 11 is 0. The smallest absolute Gasteiger partial charge is 0.0357 e. The van der Waals surface area contributed by atoms with Crippen molar-refractivity contribution in [2.45, 2.75) is 46.5 Å². The van der Waals surface area contributed by atoms with Crippen molar-refractivity contribution in [2.75, 3.05) is 19.6 Å². The first-order valence-electron chi connectivity index (χ1n) is 6.17. The summed E-state index contributed by atoms with van der Waals surface area (Å²) in [6.07, 6.45) is 6.57. The van der Waals surface area contributed by atoms with Crippen molar-refractivity contribution < 1.29 is 0 Å². The number of aliphatic imine (C=N–C) groups is 1. The molecule has 0 aromatic carbocycles. The van der Waals surface area contributed by atoms with E-state index < -0.39 is 0 Å². The molecule has 0 amide bonds. The zero-order valence-corrected chi connectivity index (χ0v) is 10.6. The zero-order chi connectivity index (χ0) is 11.5. The molecule has 2 heteroatoms. The first kappa shape index (κ1) is 14.2. The number of unbranched alkanes of at least 4 members (excludes halogenated alkanes) is 1. The third kappa shape index (κ3) is 7.18. The monoisotopic (exact) mass is 210 g/mol. The van der Waals surface area contributed by atoms with E-state index in [2.05, 4.69) is 37.2 Å². The number of allylic oxidation sites excluding steroid dienone is 1. The van der Waals surface area contributed by atoms with Gasteiger partial charge in [0.1, 0.15) is 0 Å². The third-order valence-electron chi connectivity index (χ3n) is 2.36. The quantitative estimate of drug-likeness (QED) is 0.532. The Morgan fingerprint density at radius 3 is 2.47 bits per heavy atom. The Hall–Kier alpha value is -0.790. The maximum atomic E-state index is 4.22. The molecule has 0 atom stereocenters. The van der Waals surface area contributed by atoms with Gasteiger partial charge >= 0.3 is 0 Å². The Morgan fingerprint density at radius 1 is 1.20 bits per heavy atom. The van der Waals surface area contributed by atoms with Crippen LogP contribution in [0.15, 0.2) is 17.3 Å². The highest BCUT2D eigenvalue weighted by Gasteiger charge is 2.04. The van der Waals surface area contributed by atoms with E-state index in [0.29, 0.717) is 0 Å². The molecule has 0 radical (unpaired) electrons. The van der Waals surface area contributed by atoms with Gasteiger partial charge in [-0.05, 0) is 19.8 Å². The van der Waals surface area contributed by atoms with Gasteiger partial charge in [-0.3, -0.25) is 4.99 Å². The lowest BCUT2D eigenvalue weighted by Gasteiger charge is -2.25. The second kappa shape index (κ2) is 9.75. The molecular formula is C13H26N2. The molecule has 0 fully saturated rings. The van der Waals surface area contributed by atoms with Crippen molar-refractivity contribution in [2.24, 2.45) is 4.99 Å². The number of nitrogens with zero attached hydrogens (tertiary/aromatic N) is 2. The lowest BCUT2D eigenvalue weighted by atomic mass is 10.2. The standard InChI is InChI=1S/C13H26N2/c1-5-8-12-15(11-6-2)13(4)9-10-14-7-3/h10H,4-9,11-12H2,1-3H3. The lowest BCUT2D eigenvalue weighted by Crippen LogP contribution is -2.24. The van der Waals surface area contributed by atoms with Gasteiger partial charge in [0.2, 0.25) is 0 Å². The van der Waals surface area contributed by atoms with Crippen LogP contribution in [0.3, 0.4) is 0 Å². The summed E-state index contributed by atoms with van der Waals surface area (Å²) in [5, 5.41) is 0. The Morgan fingerprint density at radius 2 is 1.93 bits per heavy atom. The topological polar surface area (TPSA) is 15.6 Å². The minimum atomic E-state index is 0.871. The van der Waals surface area contributed by atoms with Crippen LogP contribution in [-0.2, 0) is 0 Å². The lowest BCUT2D eigenvalue weighted by molar-refractivity contribution is 0.336. The summed E-state index contributed by atoms with van der Waals surface area (Å²) in [7, 11) is 0. The Balaban J connectivity index is 3.97. The minimum Gasteiger partial charge on any atom is -0.375 e. The van der Waals surface area contributed by atoms with Crippen molar-refractivity contribution in [1.82, 2.24) is 4.90 Å². The highest BCUT2D eigenvalue weighted by atomic mass is 15.1. The zero-order valence-electron chi connectivity index (χ0n) is 10.6. The highest BCUT2D eigenvalue weighted by Crippen LogP contribution is 2.08. The molecule has 0 unspecified atom stereocenters. The van der Waals surface area contributed by atoms with Crippen LogP contribution in [0.1, 0.15) is 46.5 Å². The largest absolute Gasteiger partial charge is 0.375 e. The normalized spacial score (nSPS) is 10.9. The first-order chi connectivity index (χ1) is 7.26. The minimum absolute atomic E-state index is 0.871. The Bertz CT molecular complexity index is 185. The summed E-state index contributed by atoms with van der Waals surface area (Å²) < 4.78 is 0. The van der Waals surface area contributed by atoms with Crippen LogP contribution in [0.5, 0.6) is 0 Å². The molecule has 0 aliphatic heterocycles. The molecule has 0 aromatic heterocycles. The molecule has 0 spiro atoms. The molecular weight excluding hydrogens is 184 g/mol. The van der Waals surface area contributed by atoms with Crippen molar-refractivity contribution in [1.29, 1.82) is 0 Å².